The van der Waals surface area contributed by atoms with Gasteiger partial charge in [-0.1, -0.05) is 66.7 Å². The topological polar surface area (TPSA) is 58.5 Å². The lowest BCUT2D eigenvalue weighted by molar-refractivity contribution is -0.180. The molecule has 3 aromatic rings. The molecular formula is C27H28N4O2. The van der Waals surface area contributed by atoms with E-state index in [1.807, 2.05) is 78.9 Å². The van der Waals surface area contributed by atoms with Crippen molar-refractivity contribution in [2.45, 2.75) is 18.6 Å². The van der Waals surface area contributed by atoms with Crippen LogP contribution < -0.4 is 5.32 Å². The van der Waals surface area contributed by atoms with Crippen molar-refractivity contribution in [3.05, 3.63) is 96.6 Å². The minimum absolute atomic E-state index is 0.436. The Balaban J connectivity index is 1.47. The van der Waals surface area contributed by atoms with Crippen molar-refractivity contribution in [3.8, 4) is 0 Å². The second-order valence-corrected chi connectivity index (χ2v) is 8.15. The van der Waals surface area contributed by atoms with Crippen LogP contribution in [0.4, 0.5) is 11.4 Å². The summed E-state index contributed by atoms with van der Waals surface area (Å²) >= 11 is 0. The number of amidine groups is 1. The molecule has 5 rings (SSSR count). The third-order valence-corrected chi connectivity index (χ3v) is 5.90. The molecular weight excluding hydrogens is 412 g/mol. The molecule has 1 spiro atoms. The predicted octanol–water partition coefficient (Wildman–Crippen LogP) is 4.88. The summed E-state index contributed by atoms with van der Waals surface area (Å²) in [7, 11) is 0. The van der Waals surface area contributed by atoms with Gasteiger partial charge in [0.05, 0.1) is 24.6 Å². The zero-order valence-electron chi connectivity index (χ0n) is 18.6. The van der Waals surface area contributed by atoms with Gasteiger partial charge in [0.15, 0.2) is 5.79 Å². The van der Waals surface area contributed by atoms with Crippen molar-refractivity contribution in [2.24, 2.45) is 9.98 Å². The van der Waals surface area contributed by atoms with Crippen molar-refractivity contribution in [3.63, 3.8) is 0 Å². The highest BCUT2D eigenvalue weighted by Gasteiger charge is 2.40. The highest BCUT2D eigenvalue weighted by Crippen LogP contribution is 2.31. The Morgan fingerprint density at radius 1 is 0.697 bits per heavy atom. The molecule has 0 saturated carbocycles. The average Bonchev–Trinajstić information content (AvgIpc) is 3.33. The number of benzene rings is 3. The minimum Gasteiger partial charge on any atom is -0.347 e. The largest absolute Gasteiger partial charge is 0.347 e. The van der Waals surface area contributed by atoms with Crippen LogP contribution in [-0.2, 0) is 9.47 Å². The van der Waals surface area contributed by atoms with E-state index in [0.29, 0.717) is 13.2 Å². The highest BCUT2D eigenvalue weighted by molar-refractivity contribution is 6.10. The van der Waals surface area contributed by atoms with E-state index in [4.69, 9.17) is 19.5 Å². The minimum atomic E-state index is -0.436. The number of rotatable bonds is 3. The van der Waals surface area contributed by atoms with E-state index in [0.717, 1.165) is 54.7 Å². The van der Waals surface area contributed by atoms with E-state index in [9.17, 15) is 0 Å². The average molecular weight is 441 g/mol. The molecule has 0 aliphatic carbocycles. The van der Waals surface area contributed by atoms with Crippen LogP contribution in [0.3, 0.4) is 0 Å². The molecule has 2 saturated heterocycles. The number of guanidine groups is 1. The van der Waals surface area contributed by atoms with Gasteiger partial charge in [-0.25, -0.2) is 9.98 Å². The first-order valence-corrected chi connectivity index (χ1v) is 11.4. The molecule has 0 bridgehead atoms. The third-order valence-electron chi connectivity index (χ3n) is 5.90. The van der Waals surface area contributed by atoms with Gasteiger partial charge in [-0.2, -0.15) is 0 Å². The Morgan fingerprint density at radius 3 is 1.79 bits per heavy atom. The van der Waals surface area contributed by atoms with E-state index in [1.54, 1.807) is 0 Å². The molecule has 1 N–H and O–H groups in total. The van der Waals surface area contributed by atoms with Gasteiger partial charge in [-0.15, -0.1) is 0 Å². The van der Waals surface area contributed by atoms with Crippen molar-refractivity contribution in [1.82, 2.24) is 10.2 Å². The summed E-state index contributed by atoms with van der Waals surface area (Å²) in [6, 6.07) is 30.1. The molecule has 3 aromatic carbocycles. The van der Waals surface area contributed by atoms with Gasteiger partial charge >= 0.3 is 0 Å². The number of nitrogens with zero attached hydrogens (tertiary/aromatic N) is 3. The molecule has 2 aliphatic rings. The highest BCUT2D eigenvalue weighted by atomic mass is 16.7. The number of para-hydroxylation sites is 2. The smallest absolute Gasteiger partial charge is 0.204 e. The second kappa shape index (κ2) is 9.98. The number of likely N-dealkylation sites (tertiary alicyclic amines) is 1. The summed E-state index contributed by atoms with van der Waals surface area (Å²) in [5, 5.41) is 3.56. The quantitative estimate of drug-likeness (QED) is 0.466. The maximum absolute atomic E-state index is 5.92. The zero-order valence-corrected chi connectivity index (χ0v) is 18.6. The number of aliphatic imine (C=N–C) groups is 2. The monoisotopic (exact) mass is 440 g/mol. The van der Waals surface area contributed by atoms with Crippen LogP contribution in [0, 0.1) is 0 Å². The molecule has 0 radical (unpaired) electrons. The Hall–Kier alpha value is -3.48. The van der Waals surface area contributed by atoms with Gasteiger partial charge in [0.25, 0.3) is 0 Å². The number of nitrogens with one attached hydrogen (secondary N) is 1. The lowest BCUT2D eigenvalue weighted by Crippen LogP contribution is -2.52. The first-order chi connectivity index (χ1) is 16.3. The molecule has 0 atom stereocenters. The number of piperidine rings is 1. The lowest BCUT2D eigenvalue weighted by atomic mass is 10.0. The van der Waals surface area contributed by atoms with E-state index in [1.165, 1.54) is 0 Å². The van der Waals surface area contributed by atoms with Crippen molar-refractivity contribution in [1.29, 1.82) is 0 Å². The van der Waals surface area contributed by atoms with Crippen LogP contribution in [0.15, 0.2) is 101 Å². The van der Waals surface area contributed by atoms with Crippen LogP contribution in [0.2, 0.25) is 0 Å². The van der Waals surface area contributed by atoms with Gasteiger partial charge in [-0.05, 0) is 24.3 Å². The predicted molar refractivity (Wildman–Crippen MR) is 131 cm³/mol. The van der Waals surface area contributed by atoms with Crippen molar-refractivity contribution >= 4 is 23.2 Å². The summed E-state index contributed by atoms with van der Waals surface area (Å²) in [6.07, 6.45) is 1.61. The normalized spacial score (nSPS) is 18.5. The summed E-state index contributed by atoms with van der Waals surface area (Å²) in [5.74, 6) is 1.09. The number of hydrogen-bond donors (Lipinski definition) is 1. The zero-order chi connectivity index (χ0) is 22.3. The van der Waals surface area contributed by atoms with E-state index in [-0.39, 0.29) is 0 Å². The Bertz CT molecular complexity index is 1080. The molecule has 2 heterocycles. The standard InChI is InChI=1S/C27H28N4O2/c1-4-10-22(11-5-1)25(28-23-12-6-2-7-13-23)30-26(29-24-14-8-3-9-15-24)31-18-16-27(17-19-31)32-20-21-33-27/h1-15H,16-21H2,(H,28,29,30). The van der Waals surface area contributed by atoms with Crippen LogP contribution in [0.1, 0.15) is 18.4 Å². The van der Waals surface area contributed by atoms with Crippen LogP contribution >= 0.6 is 0 Å². The van der Waals surface area contributed by atoms with Crippen LogP contribution in [0.5, 0.6) is 0 Å². The first-order valence-electron chi connectivity index (χ1n) is 11.4. The Kier molecular flexibility index (Phi) is 6.46. The fourth-order valence-corrected chi connectivity index (χ4v) is 4.15. The van der Waals surface area contributed by atoms with Crippen LogP contribution in [-0.4, -0.2) is 48.8 Å². The number of ether oxygens (including phenoxy) is 2. The summed E-state index contributed by atoms with van der Waals surface area (Å²) in [6.45, 7) is 2.91. The van der Waals surface area contributed by atoms with E-state index in [2.05, 4.69) is 22.3 Å². The van der Waals surface area contributed by atoms with Gasteiger partial charge in [0, 0.05) is 31.5 Å². The SMILES string of the molecule is c1ccc(/N=C(/N/C(=N\c2ccccc2)N2CCC3(CC2)OCCO3)c2ccccc2)cc1. The van der Waals surface area contributed by atoms with Gasteiger partial charge in [0.1, 0.15) is 5.84 Å². The fourth-order valence-electron chi connectivity index (χ4n) is 4.15. The van der Waals surface area contributed by atoms with Gasteiger partial charge in [0.2, 0.25) is 5.96 Å². The maximum atomic E-state index is 5.92. The van der Waals surface area contributed by atoms with Gasteiger partial charge < -0.3 is 19.7 Å². The molecule has 0 aromatic heterocycles. The van der Waals surface area contributed by atoms with Crippen molar-refractivity contribution < 1.29 is 9.47 Å². The summed E-state index contributed by atoms with van der Waals surface area (Å²) in [4.78, 5) is 12.2. The maximum Gasteiger partial charge on any atom is 0.204 e. The molecule has 0 unspecified atom stereocenters. The molecule has 6 heteroatoms. The molecule has 2 fully saturated rings. The van der Waals surface area contributed by atoms with Crippen molar-refractivity contribution in [2.75, 3.05) is 26.3 Å². The molecule has 33 heavy (non-hydrogen) atoms. The molecule has 0 amide bonds. The Labute approximate surface area is 194 Å². The number of hydrogen-bond acceptors (Lipinski definition) is 4. The second-order valence-electron chi connectivity index (χ2n) is 8.15. The fraction of sp³-hybridized carbons (Fsp3) is 0.259. The summed E-state index contributed by atoms with van der Waals surface area (Å²) in [5.41, 5.74) is 2.77. The van der Waals surface area contributed by atoms with E-state index < -0.39 is 5.79 Å². The molecule has 2 aliphatic heterocycles. The van der Waals surface area contributed by atoms with E-state index >= 15 is 0 Å². The first kappa shape index (κ1) is 21.4. The molecule has 6 nitrogen and oxygen atoms in total. The third kappa shape index (κ3) is 5.30. The van der Waals surface area contributed by atoms with Crippen LogP contribution in [0.25, 0.3) is 0 Å². The summed E-state index contributed by atoms with van der Waals surface area (Å²) < 4.78 is 11.8. The molecule has 168 valence electrons. The Morgan fingerprint density at radius 2 is 1.21 bits per heavy atom. The van der Waals surface area contributed by atoms with Gasteiger partial charge in [-0.3, -0.25) is 0 Å². The lowest BCUT2D eigenvalue weighted by Gasteiger charge is -2.39.